The van der Waals surface area contributed by atoms with E-state index in [4.69, 9.17) is 21.7 Å². The number of amides is 1. The third-order valence-corrected chi connectivity index (χ3v) is 11.6. The minimum atomic E-state index is -1.00. The first-order valence-electron chi connectivity index (χ1n) is 22.0. The molecule has 336 valence electrons. The van der Waals surface area contributed by atoms with Gasteiger partial charge in [0.1, 0.15) is 13.2 Å². The molecule has 10 heteroatoms. The minimum Gasteiger partial charge on any atom is -0.478 e. The van der Waals surface area contributed by atoms with Gasteiger partial charge in [0.2, 0.25) is 0 Å². The molecule has 0 spiro atoms. The van der Waals surface area contributed by atoms with E-state index in [-0.39, 0.29) is 55.5 Å². The number of aryl methyl sites for hydroxylation is 2. The summed E-state index contributed by atoms with van der Waals surface area (Å²) in [6, 6.07) is 54.0. The number of carboxylic acid groups (broad SMARTS) is 1. The van der Waals surface area contributed by atoms with Crippen molar-refractivity contribution < 1.29 is 39.5 Å². The van der Waals surface area contributed by atoms with Crippen molar-refractivity contribution >= 4 is 35.2 Å². The summed E-state index contributed by atoms with van der Waals surface area (Å²) in [5.41, 5.74) is 19.3. The Morgan fingerprint density at radius 1 is 0.561 bits per heavy atom. The second-order valence-electron chi connectivity index (χ2n) is 15.6. The number of hydrogen-bond donors (Lipinski definition) is 3. The van der Waals surface area contributed by atoms with Gasteiger partial charge in [-0.1, -0.05) is 141 Å². The molecular formula is C56H53FN2O7. The summed E-state index contributed by atoms with van der Waals surface area (Å²) in [6.07, 6.45) is 1.62. The van der Waals surface area contributed by atoms with Crippen molar-refractivity contribution in [2.45, 2.75) is 44.9 Å². The normalized spacial score (nSPS) is 11.9. The Bertz CT molecular complexity index is 2720. The Labute approximate surface area is 386 Å². The first-order valence-corrected chi connectivity index (χ1v) is 21.2. The van der Waals surface area contributed by atoms with E-state index in [2.05, 4.69) is 53.8 Å². The van der Waals surface area contributed by atoms with Gasteiger partial charge in [-0.2, -0.15) is 0 Å². The highest BCUT2D eigenvalue weighted by molar-refractivity contribution is 6.05. The van der Waals surface area contributed by atoms with Gasteiger partial charge in [-0.15, -0.1) is 0 Å². The Kier molecular flexibility index (Phi) is 15.9. The molecule has 0 saturated carbocycles. The third-order valence-electron chi connectivity index (χ3n) is 11.6. The number of para-hydroxylation sites is 2. The van der Waals surface area contributed by atoms with Crippen LogP contribution in [0.5, 0.6) is 0 Å². The van der Waals surface area contributed by atoms with E-state index in [1.807, 2.05) is 72.8 Å². The number of carbonyl (C=O) groups is 4. The number of aromatic carboxylic acids is 1. The molecule has 0 aromatic heterocycles. The van der Waals surface area contributed by atoms with Gasteiger partial charge in [-0.3, -0.25) is 18.8 Å². The lowest BCUT2D eigenvalue weighted by Gasteiger charge is -2.14. The summed E-state index contributed by atoms with van der Waals surface area (Å²) >= 11 is 0. The van der Waals surface area contributed by atoms with Gasteiger partial charge >= 0.3 is 17.9 Å². The fraction of sp³-hybridized carbons (Fsp3) is 0.179. The van der Waals surface area contributed by atoms with Gasteiger partial charge in [-0.05, 0) is 105 Å². The largest absolute Gasteiger partial charge is 0.478 e. The molecule has 2 aliphatic carbocycles. The van der Waals surface area contributed by atoms with E-state index in [9.17, 15) is 23.6 Å². The third kappa shape index (κ3) is 11.3. The lowest BCUT2D eigenvalue weighted by atomic mass is 9.98. The average molecular weight is 886 g/mol. The molecule has 4 N–H and O–H groups in total. The number of hydrogen-bond acceptors (Lipinski definition) is 7. The molecule has 0 saturated heterocycles. The quantitative estimate of drug-likeness (QED) is 0.0767. The van der Waals surface area contributed by atoms with Crippen molar-refractivity contribution in [3.63, 3.8) is 0 Å². The van der Waals surface area contributed by atoms with Crippen molar-refractivity contribution in [2.24, 2.45) is 0 Å². The SMILES string of the molecule is C.Nc1ccccc1NC(=O)c1ccc(CCC(=O)OCC2c3ccccc3-c3ccccc32)cc1.O=C(CCc1ccc(C(=O)O)cc1)OCC1c2ccccc2-c2ccccc21.[2H]CF. The zero-order valence-corrected chi connectivity index (χ0v) is 35.6. The Morgan fingerprint density at radius 3 is 1.29 bits per heavy atom. The number of halogens is 1. The number of esters is 2. The molecule has 0 atom stereocenters. The van der Waals surface area contributed by atoms with Crippen molar-refractivity contribution in [1.82, 2.24) is 0 Å². The predicted molar refractivity (Wildman–Crippen MR) is 258 cm³/mol. The Balaban J connectivity index is 0.000000210. The summed E-state index contributed by atoms with van der Waals surface area (Å²) in [5.74, 6) is -1.54. The second kappa shape index (κ2) is 22.7. The van der Waals surface area contributed by atoms with Crippen LogP contribution in [0.3, 0.4) is 0 Å². The van der Waals surface area contributed by atoms with Crippen LogP contribution in [-0.2, 0) is 31.9 Å². The molecule has 0 fully saturated rings. The molecule has 0 heterocycles. The van der Waals surface area contributed by atoms with Crippen LogP contribution in [0.15, 0.2) is 170 Å². The van der Waals surface area contributed by atoms with Crippen molar-refractivity contribution in [3.05, 3.63) is 214 Å². The molecule has 0 aliphatic heterocycles. The van der Waals surface area contributed by atoms with Crippen LogP contribution in [0.4, 0.5) is 15.8 Å². The van der Waals surface area contributed by atoms with Crippen LogP contribution >= 0.6 is 0 Å². The number of nitrogens with two attached hydrogens (primary N) is 1. The molecule has 7 aromatic carbocycles. The smallest absolute Gasteiger partial charge is 0.335 e. The summed E-state index contributed by atoms with van der Waals surface area (Å²) in [6.45, 7) is 0.652. The summed E-state index contributed by atoms with van der Waals surface area (Å²) < 4.78 is 26.8. The van der Waals surface area contributed by atoms with E-state index < -0.39 is 13.1 Å². The van der Waals surface area contributed by atoms with E-state index in [1.165, 1.54) is 44.5 Å². The van der Waals surface area contributed by atoms with Crippen molar-refractivity contribution in [2.75, 3.05) is 31.4 Å². The Morgan fingerprint density at radius 2 is 0.909 bits per heavy atom. The fourth-order valence-electron chi connectivity index (χ4n) is 8.31. The predicted octanol–water partition coefficient (Wildman–Crippen LogP) is 11.7. The summed E-state index contributed by atoms with van der Waals surface area (Å²) in [4.78, 5) is 48.1. The number of benzene rings is 7. The topological polar surface area (TPSA) is 145 Å². The molecule has 2 aliphatic rings. The van der Waals surface area contributed by atoms with E-state index in [0.717, 1.165) is 11.1 Å². The van der Waals surface area contributed by atoms with Crippen LogP contribution in [-0.4, -0.2) is 49.3 Å². The van der Waals surface area contributed by atoms with Gasteiger partial charge in [-0.25, -0.2) is 4.79 Å². The summed E-state index contributed by atoms with van der Waals surface area (Å²) in [7, 11) is -1.00. The van der Waals surface area contributed by atoms with Gasteiger partial charge in [0.15, 0.2) is 0 Å². The van der Waals surface area contributed by atoms with Crippen LogP contribution in [0.1, 0.15) is 87.6 Å². The zero-order valence-electron chi connectivity index (χ0n) is 36.6. The molecule has 9 rings (SSSR count). The molecule has 0 radical (unpaired) electrons. The van der Waals surface area contributed by atoms with Gasteiger partial charge in [0.05, 0.1) is 25.5 Å². The van der Waals surface area contributed by atoms with E-state index >= 15 is 0 Å². The number of ether oxygens (including phenoxy) is 2. The Hall–Kier alpha value is -7.85. The molecular weight excluding hydrogens is 832 g/mol. The van der Waals surface area contributed by atoms with Gasteiger partial charge in [0, 0.05) is 30.2 Å². The number of rotatable bonds is 13. The number of carbonyl (C=O) groups excluding carboxylic acids is 3. The molecule has 1 amide bonds. The molecule has 66 heavy (non-hydrogen) atoms. The number of carboxylic acids is 1. The monoisotopic (exact) mass is 885 g/mol. The standard InChI is InChI=1S/C30H26N2O3.C24H20O4.CH3F.CH4/c31-27-11-5-6-12-28(27)32-30(34)21-16-13-20(14-17-21)15-18-29(33)35-19-26-24-9-3-1-7-22(24)23-8-2-4-10-25(23)26;25-23(14-11-16-9-12-17(13-10-16)24(26)27)28-15-22-20-7-3-1-5-18(20)19-6-2-4-8-21(19)22;1-2;/h1-14,16-17,26H,15,18-19,31H2,(H,32,34);1-10,12-13,22H,11,14-15H2,(H,26,27);1H3;1H4/i;;1D;. The van der Waals surface area contributed by atoms with Crippen molar-refractivity contribution in [3.8, 4) is 22.3 Å². The van der Waals surface area contributed by atoms with Crippen LogP contribution in [0.2, 0.25) is 0 Å². The van der Waals surface area contributed by atoms with Crippen molar-refractivity contribution in [1.29, 1.82) is 0 Å². The van der Waals surface area contributed by atoms with Gasteiger partial charge in [0.25, 0.3) is 5.91 Å². The van der Waals surface area contributed by atoms with Crippen LogP contribution < -0.4 is 11.1 Å². The second-order valence-corrected chi connectivity index (χ2v) is 15.6. The number of alkyl halides is 1. The zero-order chi connectivity index (χ0) is 46.4. The highest BCUT2D eigenvalue weighted by Gasteiger charge is 2.30. The van der Waals surface area contributed by atoms with E-state index in [1.54, 1.807) is 48.5 Å². The first-order chi connectivity index (χ1) is 32.1. The lowest BCUT2D eigenvalue weighted by molar-refractivity contribution is -0.144. The first kappa shape index (κ1) is 46.2. The van der Waals surface area contributed by atoms with E-state index in [0.29, 0.717) is 43.0 Å². The highest BCUT2D eigenvalue weighted by Crippen LogP contribution is 2.45. The molecule has 7 aromatic rings. The average Bonchev–Trinajstić information content (AvgIpc) is 3.85. The number of fused-ring (bicyclic) bond motifs is 6. The highest BCUT2D eigenvalue weighted by atomic mass is 19.1. The number of anilines is 2. The maximum atomic E-state index is 12.5. The minimum absolute atomic E-state index is 0. The lowest BCUT2D eigenvalue weighted by Crippen LogP contribution is -2.14. The van der Waals surface area contributed by atoms with Gasteiger partial charge < -0.3 is 25.6 Å². The number of nitrogens with one attached hydrogen (secondary N) is 1. The molecule has 9 nitrogen and oxygen atoms in total. The summed E-state index contributed by atoms with van der Waals surface area (Å²) in [5, 5.41) is 11.7. The molecule has 0 unspecified atom stereocenters. The maximum Gasteiger partial charge on any atom is 0.335 e. The van der Waals surface area contributed by atoms with Crippen LogP contribution in [0, 0.1) is 0 Å². The fourth-order valence-corrected chi connectivity index (χ4v) is 8.31. The molecule has 0 bridgehead atoms. The van der Waals surface area contributed by atoms with Crippen LogP contribution in [0.25, 0.3) is 22.3 Å². The maximum absolute atomic E-state index is 12.5. The number of nitrogen functional groups attached to an aromatic ring is 1.